The minimum Gasteiger partial charge on any atom is -0.353 e. The number of carbonyl (C=O) groups is 1. The maximum Gasteiger partial charge on any atom is 0.225 e. The molecule has 2 fully saturated rings. The number of amides is 1. The van der Waals surface area contributed by atoms with E-state index in [1.54, 1.807) is 0 Å². The molecule has 1 amide bonds. The number of nitrogens with zero attached hydrogens (tertiary/aromatic N) is 4. The molecule has 5 heteroatoms. The van der Waals surface area contributed by atoms with Crippen molar-refractivity contribution in [3.8, 4) is 0 Å². The maximum absolute atomic E-state index is 12.7. The highest BCUT2D eigenvalue weighted by Crippen LogP contribution is 2.30. The highest BCUT2D eigenvalue weighted by molar-refractivity contribution is 5.80. The Kier molecular flexibility index (Phi) is 6.59. The molecule has 31 heavy (non-hydrogen) atoms. The number of hydrogen-bond acceptors (Lipinski definition) is 4. The highest BCUT2D eigenvalue weighted by Gasteiger charge is 2.32. The summed E-state index contributed by atoms with van der Waals surface area (Å²) in [6, 6.07) is 8.75. The second-order valence-corrected chi connectivity index (χ2v) is 9.73. The monoisotopic (exact) mass is 420 g/mol. The van der Waals surface area contributed by atoms with Crippen LogP contribution in [0.2, 0.25) is 0 Å². The van der Waals surface area contributed by atoms with Gasteiger partial charge in [0.1, 0.15) is 11.6 Å². The Labute approximate surface area is 186 Å². The van der Waals surface area contributed by atoms with Gasteiger partial charge in [-0.05, 0) is 38.2 Å². The Balaban J connectivity index is 1.57. The molecule has 1 aromatic carbocycles. The molecule has 0 radical (unpaired) electrons. The molecule has 1 aliphatic heterocycles. The van der Waals surface area contributed by atoms with Crippen molar-refractivity contribution in [2.45, 2.75) is 59.8 Å². The van der Waals surface area contributed by atoms with Gasteiger partial charge in [-0.15, -0.1) is 0 Å². The lowest BCUT2D eigenvalue weighted by atomic mass is 9.84. The number of hydrogen-bond donors (Lipinski definition) is 0. The van der Waals surface area contributed by atoms with E-state index in [-0.39, 0.29) is 5.92 Å². The number of aromatic nitrogens is 2. The zero-order valence-electron chi connectivity index (χ0n) is 19.5. The zero-order valence-corrected chi connectivity index (χ0v) is 19.5. The molecule has 166 valence electrons. The molecule has 0 N–H and O–H groups in total. The Bertz CT molecular complexity index is 910. The van der Waals surface area contributed by atoms with Gasteiger partial charge in [-0.3, -0.25) is 4.79 Å². The van der Waals surface area contributed by atoms with Gasteiger partial charge in [0, 0.05) is 56.2 Å². The van der Waals surface area contributed by atoms with Crippen LogP contribution in [0.3, 0.4) is 0 Å². The van der Waals surface area contributed by atoms with Crippen LogP contribution in [0.1, 0.15) is 61.3 Å². The predicted octanol–water partition coefficient (Wildman–Crippen LogP) is 4.33. The highest BCUT2D eigenvalue weighted by atomic mass is 16.2. The minimum absolute atomic E-state index is 0.280. The molecule has 1 saturated carbocycles. The number of piperazine rings is 1. The van der Waals surface area contributed by atoms with Gasteiger partial charge < -0.3 is 9.80 Å². The van der Waals surface area contributed by atoms with Crippen LogP contribution in [0.25, 0.3) is 0 Å². The number of anilines is 1. The van der Waals surface area contributed by atoms with Crippen molar-refractivity contribution in [1.82, 2.24) is 14.9 Å². The average Bonchev–Trinajstić information content (AvgIpc) is 2.69. The lowest BCUT2D eigenvalue weighted by molar-refractivity contribution is -0.138. The third-order valence-electron chi connectivity index (χ3n) is 6.68. The fourth-order valence-electron chi connectivity index (χ4n) is 4.52. The van der Waals surface area contributed by atoms with E-state index >= 15 is 0 Å². The standard InChI is InChI=1S/C26H36N4O/c1-18(2)16-24-27-20(4)23(17-21-10-8-19(3)9-11-21)25(28-24)29-12-14-30(15-13-29)26(31)22-6-5-7-22/h8-11,18,22H,5-7,12-17H2,1-4H3. The minimum atomic E-state index is 0.280. The third-order valence-corrected chi connectivity index (χ3v) is 6.68. The molecular formula is C26H36N4O. The Hall–Kier alpha value is -2.43. The van der Waals surface area contributed by atoms with E-state index in [0.29, 0.717) is 11.8 Å². The van der Waals surface area contributed by atoms with Gasteiger partial charge in [-0.25, -0.2) is 9.97 Å². The Morgan fingerprint density at radius 1 is 1.03 bits per heavy atom. The first-order valence-corrected chi connectivity index (χ1v) is 11.9. The Morgan fingerprint density at radius 3 is 2.29 bits per heavy atom. The van der Waals surface area contributed by atoms with Crippen molar-refractivity contribution in [2.75, 3.05) is 31.1 Å². The number of aryl methyl sites for hydroxylation is 2. The molecule has 0 spiro atoms. The van der Waals surface area contributed by atoms with Gasteiger partial charge in [0.2, 0.25) is 5.91 Å². The lowest BCUT2D eigenvalue weighted by Gasteiger charge is -2.39. The molecular weight excluding hydrogens is 384 g/mol. The van der Waals surface area contributed by atoms with E-state index in [9.17, 15) is 4.79 Å². The molecule has 5 nitrogen and oxygen atoms in total. The van der Waals surface area contributed by atoms with Crippen LogP contribution in [0.5, 0.6) is 0 Å². The SMILES string of the molecule is Cc1ccc(Cc2c(C)nc(CC(C)C)nc2N2CCN(C(=O)C3CCC3)CC2)cc1. The molecule has 0 bridgehead atoms. The van der Waals surface area contributed by atoms with E-state index in [0.717, 1.165) is 69.2 Å². The first-order valence-electron chi connectivity index (χ1n) is 11.9. The molecule has 4 rings (SSSR count). The fraction of sp³-hybridized carbons (Fsp3) is 0.577. The van der Waals surface area contributed by atoms with Crippen LogP contribution in [0.4, 0.5) is 5.82 Å². The van der Waals surface area contributed by atoms with Crippen LogP contribution < -0.4 is 4.90 Å². The summed E-state index contributed by atoms with van der Waals surface area (Å²) >= 11 is 0. The van der Waals surface area contributed by atoms with Crippen LogP contribution in [0.15, 0.2) is 24.3 Å². The van der Waals surface area contributed by atoms with Gasteiger partial charge >= 0.3 is 0 Å². The molecule has 0 unspecified atom stereocenters. The summed E-state index contributed by atoms with van der Waals surface area (Å²) in [6.07, 6.45) is 5.08. The van der Waals surface area contributed by atoms with Gasteiger partial charge in [-0.2, -0.15) is 0 Å². The van der Waals surface area contributed by atoms with Crippen LogP contribution in [-0.4, -0.2) is 47.0 Å². The average molecular weight is 421 g/mol. The van der Waals surface area contributed by atoms with E-state index in [1.807, 2.05) is 0 Å². The summed E-state index contributed by atoms with van der Waals surface area (Å²) in [7, 11) is 0. The number of benzene rings is 1. The summed E-state index contributed by atoms with van der Waals surface area (Å²) in [4.78, 5) is 27.0. The second kappa shape index (κ2) is 9.37. The largest absolute Gasteiger partial charge is 0.353 e. The fourth-order valence-corrected chi connectivity index (χ4v) is 4.52. The van der Waals surface area contributed by atoms with E-state index in [1.165, 1.54) is 23.1 Å². The summed E-state index contributed by atoms with van der Waals surface area (Å²) in [5.41, 5.74) is 4.86. The first kappa shape index (κ1) is 21.8. The molecule has 2 aliphatic rings. The third kappa shape index (κ3) is 5.08. The van der Waals surface area contributed by atoms with Gasteiger partial charge in [0.05, 0.1) is 0 Å². The molecule has 0 atom stereocenters. The van der Waals surface area contributed by atoms with Gasteiger partial charge in [-0.1, -0.05) is 50.1 Å². The predicted molar refractivity (Wildman–Crippen MR) is 125 cm³/mol. The summed E-state index contributed by atoms with van der Waals surface area (Å²) in [5.74, 6) is 3.17. The normalized spacial score (nSPS) is 17.2. The first-order chi connectivity index (χ1) is 14.9. The van der Waals surface area contributed by atoms with Crippen molar-refractivity contribution in [2.24, 2.45) is 11.8 Å². The summed E-state index contributed by atoms with van der Waals surface area (Å²) < 4.78 is 0. The summed E-state index contributed by atoms with van der Waals surface area (Å²) in [6.45, 7) is 11.9. The molecule has 1 saturated heterocycles. The summed E-state index contributed by atoms with van der Waals surface area (Å²) in [5, 5.41) is 0. The Morgan fingerprint density at radius 2 is 1.71 bits per heavy atom. The van der Waals surface area contributed by atoms with Gasteiger partial charge in [0.15, 0.2) is 0 Å². The van der Waals surface area contributed by atoms with Crippen molar-refractivity contribution < 1.29 is 4.79 Å². The number of carbonyl (C=O) groups excluding carboxylic acids is 1. The van der Waals surface area contributed by atoms with Gasteiger partial charge in [0.25, 0.3) is 0 Å². The van der Waals surface area contributed by atoms with Crippen LogP contribution >= 0.6 is 0 Å². The molecule has 2 aromatic rings. The van der Waals surface area contributed by atoms with E-state index in [2.05, 4.69) is 61.8 Å². The quantitative estimate of drug-likeness (QED) is 0.698. The van der Waals surface area contributed by atoms with Crippen molar-refractivity contribution in [3.63, 3.8) is 0 Å². The van der Waals surface area contributed by atoms with Crippen LogP contribution in [0, 0.1) is 25.7 Å². The lowest BCUT2D eigenvalue weighted by Crippen LogP contribution is -2.51. The smallest absolute Gasteiger partial charge is 0.225 e. The van der Waals surface area contributed by atoms with Crippen molar-refractivity contribution in [1.29, 1.82) is 0 Å². The maximum atomic E-state index is 12.7. The molecule has 1 aromatic heterocycles. The van der Waals surface area contributed by atoms with Crippen molar-refractivity contribution >= 4 is 11.7 Å². The molecule has 1 aliphatic carbocycles. The van der Waals surface area contributed by atoms with Crippen LogP contribution in [-0.2, 0) is 17.6 Å². The van der Waals surface area contributed by atoms with E-state index in [4.69, 9.17) is 9.97 Å². The van der Waals surface area contributed by atoms with Crippen molar-refractivity contribution in [3.05, 3.63) is 52.5 Å². The van der Waals surface area contributed by atoms with E-state index < -0.39 is 0 Å². The molecule has 2 heterocycles. The second-order valence-electron chi connectivity index (χ2n) is 9.73. The zero-order chi connectivity index (χ0) is 22.0. The topological polar surface area (TPSA) is 49.3 Å². The number of rotatable bonds is 6.